The Morgan fingerprint density at radius 3 is 2.08 bits per heavy atom. The van der Waals surface area contributed by atoms with E-state index >= 15 is 0 Å². The summed E-state index contributed by atoms with van der Waals surface area (Å²) in [5, 5.41) is 6.67. The van der Waals surface area contributed by atoms with Crippen molar-refractivity contribution < 1.29 is 9.53 Å². The fourth-order valence-electron chi connectivity index (χ4n) is 2.68. The van der Waals surface area contributed by atoms with Crippen molar-refractivity contribution in [2.24, 2.45) is 4.99 Å². The van der Waals surface area contributed by atoms with Gasteiger partial charge < -0.3 is 15.4 Å². The number of hydrogen-bond acceptors (Lipinski definition) is 4. The Labute approximate surface area is 148 Å². The number of carbonyl (C=O) groups excluding carboxylic acids is 1. The number of methoxy groups -OCH3 is 1. The number of aliphatic imine (C=N–C) groups is 1. The van der Waals surface area contributed by atoms with Gasteiger partial charge in [-0.05, 0) is 47.0 Å². The number of carbonyl (C=O) groups is 1. The summed E-state index contributed by atoms with van der Waals surface area (Å²) in [7, 11) is 3.22. The Hall–Kier alpha value is -1.30. The Balaban J connectivity index is 3.76. The summed E-state index contributed by atoms with van der Waals surface area (Å²) in [4.78, 5) is 17.7. The number of ether oxygens (including phenoxy) is 1. The molecule has 0 unspecified atom stereocenters. The van der Waals surface area contributed by atoms with Gasteiger partial charge in [-0.15, -0.1) is 0 Å². The van der Waals surface area contributed by atoms with E-state index in [1.54, 1.807) is 7.05 Å². The highest BCUT2D eigenvalue weighted by Gasteiger charge is 2.12. The molecule has 0 rings (SSSR count). The van der Waals surface area contributed by atoms with E-state index in [1.807, 2.05) is 0 Å². The van der Waals surface area contributed by atoms with Crippen LogP contribution in [0.1, 0.15) is 59.8 Å². The summed E-state index contributed by atoms with van der Waals surface area (Å²) in [5.74, 6) is 0.723. The summed E-state index contributed by atoms with van der Waals surface area (Å²) in [5.41, 5.74) is 0. The molecule has 24 heavy (non-hydrogen) atoms. The van der Waals surface area contributed by atoms with Crippen LogP contribution < -0.4 is 10.6 Å². The van der Waals surface area contributed by atoms with Gasteiger partial charge in [0.15, 0.2) is 5.96 Å². The lowest BCUT2D eigenvalue weighted by molar-refractivity contribution is -0.140. The largest absolute Gasteiger partial charge is 0.469 e. The normalized spacial score (nSPS) is 12.1. The van der Waals surface area contributed by atoms with Gasteiger partial charge in [0.1, 0.15) is 0 Å². The minimum absolute atomic E-state index is 0.128. The van der Waals surface area contributed by atoms with Gasteiger partial charge in [0, 0.05) is 45.2 Å². The second kappa shape index (κ2) is 14.1. The van der Waals surface area contributed by atoms with Crippen molar-refractivity contribution in [2.45, 2.75) is 71.9 Å². The monoisotopic (exact) mass is 342 g/mol. The highest BCUT2D eigenvalue weighted by Crippen LogP contribution is 2.05. The number of unbranched alkanes of at least 4 members (excludes halogenated alkanes) is 2. The van der Waals surface area contributed by atoms with Crippen molar-refractivity contribution in [3.63, 3.8) is 0 Å². The van der Waals surface area contributed by atoms with Crippen LogP contribution in [0, 0.1) is 0 Å². The van der Waals surface area contributed by atoms with Gasteiger partial charge >= 0.3 is 5.97 Å². The van der Waals surface area contributed by atoms with Crippen molar-refractivity contribution in [1.82, 2.24) is 15.5 Å². The SMILES string of the molecule is CN=C(NCCCCCC(=O)OC)NCCCN(C(C)C)C(C)C. The summed E-state index contributed by atoms with van der Waals surface area (Å²) in [6.45, 7) is 11.8. The second-order valence-electron chi connectivity index (χ2n) is 6.59. The molecular weight excluding hydrogens is 304 g/mol. The number of hydrogen-bond donors (Lipinski definition) is 2. The molecule has 6 heteroatoms. The van der Waals surface area contributed by atoms with Crippen molar-refractivity contribution in [3.8, 4) is 0 Å². The van der Waals surface area contributed by atoms with Crippen LogP contribution in [-0.4, -0.2) is 62.7 Å². The summed E-state index contributed by atoms with van der Waals surface area (Å²) >= 11 is 0. The Morgan fingerprint density at radius 2 is 1.58 bits per heavy atom. The molecule has 0 heterocycles. The van der Waals surface area contributed by atoms with Gasteiger partial charge in [-0.1, -0.05) is 6.42 Å². The molecule has 0 aliphatic carbocycles. The molecule has 0 amide bonds. The molecule has 0 aromatic rings. The third-order valence-electron chi connectivity index (χ3n) is 4.01. The predicted molar refractivity (Wildman–Crippen MR) is 101 cm³/mol. The average Bonchev–Trinajstić information content (AvgIpc) is 2.54. The molecule has 0 aromatic carbocycles. The van der Waals surface area contributed by atoms with Gasteiger partial charge in [-0.3, -0.25) is 14.7 Å². The van der Waals surface area contributed by atoms with Crippen molar-refractivity contribution in [3.05, 3.63) is 0 Å². The first kappa shape index (κ1) is 22.7. The lowest BCUT2D eigenvalue weighted by atomic mass is 10.2. The van der Waals surface area contributed by atoms with E-state index in [2.05, 4.69) is 53.0 Å². The Kier molecular flexibility index (Phi) is 13.3. The molecular formula is C18H38N4O2. The lowest BCUT2D eigenvalue weighted by Gasteiger charge is -2.30. The topological polar surface area (TPSA) is 66.0 Å². The molecule has 0 saturated heterocycles. The standard InChI is InChI=1S/C18H38N4O2/c1-15(2)22(16(3)4)14-10-13-21-18(19-5)20-12-9-7-8-11-17(23)24-6/h15-16H,7-14H2,1-6H3,(H2,19,20,21). The predicted octanol–water partition coefficient (Wildman–Crippen LogP) is 2.39. The third-order valence-corrected chi connectivity index (χ3v) is 4.01. The highest BCUT2D eigenvalue weighted by atomic mass is 16.5. The van der Waals surface area contributed by atoms with E-state index in [0.29, 0.717) is 18.5 Å². The van der Waals surface area contributed by atoms with Gasteiger partial charge in [0.05, 0.1) is 7.11 Å². The van der Waals surface area contributed by atoms with E-state index in [-0.39, 0.29) is 5.97 Å². The molecule has 0 aliphatic heterocycles. The molecule has 0 atom stereocenters. The lowest BCUT2D eigenvalue weighted by Crippen LogP contribution is -2.41. The van der Waals surface area contributed by atoms with Gasteiger partial charge in [-0.25, -0.2) is 0 Å². The molecule has 0 radical (unpaired) electrons. The van der Waals surface area contributed by atoms with E-state index < -0.39 is 0 Å². The first-order valence-corrected chi connectivity index (χ1v) is 9.19. The van der Waals surface area contributed by atoms with Crippen LogP contribution in [0.5, 0.6) is 0 Å². The smallest absolute Gasteiger partial charge is 0.305 e. The maximum Gasteiger partial charge on any atom is 0.305 e. The molecule has 142 valence electrons. The van der Waals surface area contributed by atoms with Crippen LogP contribution in [-0.2, 0) is 9.53 Å². The van der Waals surface area contributed by atoms with Gasteiger partial charge in [-0.2, -0.15) is 0 Å². The van der Waals surface area contributed by atoms with Crippen LogP contribution in [0.4, 0.5) is 0 Å². The van der Waals surface area contributed by atoms with Crippen LogP contribution in [0.2, 0.25) is 0 Å². The van der Waals surface area contributed by atoms with E-state index in [1.165, 1.54) is 7.11 Å². The van der Waals surface area contributed by atoms with Crippen molar-refractivity contribution >= 4 is 11.9 Å². The molecule has 6 nitrogen and oxygen atoms in total. The number of guanidine groups is 1. The second-order valence-corrected chi connectivity index (χ2v) is 6.59. The number of rotatable bonds is 12. The fourth-order valence-corrected chi connectivity index (χ4v) is 2.68. The zero-order valence-corrected chi connectivity index (χ0v) is 16.5. The quantitative estimate of drug-likeness (QED) is 0.247. The summed E-state index contributed by atoms with van der Waals surface area (Å²) in [6.07, 6.45) is 4.51. The van der Waals surface area contributed by atoms with Crippen LogP contribution in [0.3, 0.4) is 0 Å². The maximum atomic E-state index is 11.0. The average molecular weight is 343 g/mol. The van der Waals surface area contributed by atoms with E-state index in [0.717, 1.165) is 51.3 Å². The summed E-state index contributed by atoms with van der Waals surface area (Å²) < 4.78 is 4.63. The van der Waals surface area contributed by atoms with Gasteiger partial charge in [0.25, 0.3) is 0 Å². The van der Waals surface area contributed by atoms with E-state index in [4.69, 9.17) is 0 Å². The molecule has 0 aliphatic rings. The minimum atomic E-state index is -0.128. The highest BCUT2D eigenvalue weighted by molar-refractivity contribution is 5.79. The van der Waals surface area contributed by atoms with Crippen LogP contribution in [0.25, 0.3) is 0 Å². The summed E-state index contributed by atoms with van der Waals surface area (Å²) in [6, 6.07) is 1.15. The first-order chi connectivity index (χ1) is 11.4. The fraction of sp³-hybridized carbons (Fsp3) is 0.889. The third kappa shape index (κ3) is 11.3. The van der Waals surface area contributed by atoms with Crippen molar-refractivity contribution in [2.75, 3.05) is 33.8 Å². The zero-order valence-electron chi connectivity index (χ0n) is 16.5. The van der Waals surface area contributed by atoms with E-state index in [9.17, 15) is 4.79 Å². The number of esters is 1. The van der Waals surface area contributed by atoms with Crippen molar-refractivity contribution in [1.29, 1.82) is 0 Å². The number of nitrogens with one attached hydrogen (secondary N) is 2. The van der Waals surface area contributed by atoms with Crippen LogP contribution in [0.15, 0.2) is 4.99 Å². The molecule has 0 saturated carbocycles. The Morgan fingerprint density at radius 1 is 1.00 bits per heavy atom. The Bertz CT molecular complexity index is 349. The zero-order chi connectivity index (χ0) is 18.4. The first-order valence-electron chi connectivity index (χ1n) is 9.19. The molecule has 0 bridgehead atoms. The molecule has 0 fully saturated rings. The molecule has 0 aromatic heterocycles. The molecule has 0 spiro atoms. The van der Waals surface area contributed by atoms with Crippen LogP contribution >= 0.6 is 0 Å². The maximum absolute atomic E-state index is 11.0. The molecule has 2 N–H and O–H groups in total. The number of nitrogens with zero attached hydrogens (tertiary/aromatic N) is 2. The minimum Gasteiger partial charge on any atom is -0.469 e. The van der Waals surface area contributed by atoms with Gasteiger partial charge in [0.2, 0.25) is 0 Å².